The topological polar surface area (TPSA) is 40.5 Å². The number of alkyl halides is 1. The fraction of sp³-hybridized carbons (Fsp3) is 0.900. The van der Waals surface area contributed by atoms with Gasteiger partial charge in [0.1, 0.15) is 6.04 Å². The highest BCUT2D eigenvalue weighted by molar-refractivity contribution is 5.73. The van der Waals surface area contributed by atoms with Gasteiger partial charge >= 0.3 is 5.97 Å². The number of hydrogen-bond acceptors (Lipinski definition) is 2. The smallest absolute Gasteiger partial charge is 0.320 e. The van der Waals surface area contributed by atoms with Gasteiger partial charge in [0, 0.05) is 0 Å². The maximum absolute atomic E-state index is 12.3. The van der Waals surface area contributed by atoms with Crippen LogP contribution in [0.4, 0.5) is 4.39 Å². The number of nitrogens with zero attached hydrogens (tertiary/aromatic N) is 1. The molecule has 0 aromatic rings. The molecule has 0 aliphatic carbocycles. The third-order valence-electron chi connectivity index (χ3n) is 2.98. The number of piperidine rings is 1. The first-order valence-electron chi connectivity index (χ1n) is 5.21. The highest BCUT2D eigenvalue weighted by atomic mass is 19.1. The van der Waals surface area contributed by atoms with Crippen LogP contribution in [0.25, 0.3) is 0 Å². The van der Waals surface area contributed by atoms with Crippen molar-refractivity contribution < 1.29 is 14.3 Å². The summed E-state index contributed by atoms with van der Waals surface area (Å²) in [4.78, 5) is 12.8. The lowest BCUT2D eigenvalue weighted by Crippen LogP contribution is -2.45. The molecule has 14 heavy (non-hydrogen) atoms. The van der Waals surface area contributed by atoms with Gasteiger partial charge in [0.15, 0.2) is 0 Å². The molecule has 3 nitrogen and oxygen atoms in total. The van der Waals surface area contributed by atoms with E-state index in [0.717, 1.165) is 25.9 Å². The minimum atomic E-state index is -0.758. The van der Waals surface area contributed by atoms with Crippen molar-refractivity contribution in [1.82, 2.24) is 4.90 Å². The van der Waals surface area contributed by atoms with Crippen molar-refractivity contribution in [2.45, 2.75) is 32.2 Å². The number of carboxylic acid groups (broad SMARTS) is 1. The summed E-state index contributed by atoms with van der Waals surface area (Å²) in [5, 5.41) is 8.93. The molecule has 0 amide bonds. The number of hydrogen-bond donors (Lipinski definition) is 1. The lowest BCUT2D eigenvalue weighted by Gasteiger charge is -2.34. The zero-order valence-electron chi connectivity index (χ0n) is 8.58. The van der Waals surface area contributed by atoms with Crippen LogP contribution in [-0.4, -0.2) is 41.8 Å². The Morgan fingerprint density at radius 1 is 1.57 bits per heavy atom. The van der Waals surface area contributed by atoms with Crippen molar-refractivity contribution in [3.8, 4) is 0 Å². The van der Waals surface area contributed by atoms with Gasteiger partial charge in [0.2, 0.25) is 0 Å². The van der Waals surface area contributed by atoms with Crippen LogP contribution in [0, 0.1) is 5.92 Å². The summed E-state index contributed by atoms with van der Waals surface area (Å²) in [6, 6.07) is -0.379. The largest absolute Gasteiger partial charge is 0.480 e. The van der Waals surface area contributed by atoms with E-state index in [1.807, 2.05) is 11.8 Å². The van der Waals surface area contributed by atoms with E-state index in [4.69, 9.17) is 5.11 Å². The number of likely N-dealkylation sites (tertiary alicyclic amines) is 1. The summed E-state index contributed by atoms with van der Waals surface area (Å²) in [5.74, 6) is -0.608. The van der Waals surface area contributed by atoms with Gasteiger partial charge < -0.3 is 5.11 Å². The van der Waals surface area contributed by atoms with Crippen LogP contribution in [0.15, 0.2) is 0 Å². The van der Waals surface area contributed by atoms with Gasteiger partial charge in [-0.3, -0.25) is 14.1 Å². The van der Waals surface area contributed by atoms with E-state index in [-0.39, 0.29) is 18.6 Å². The van der Waals surface area contributed by atoms with Gasteiger partial charge in [-0.1, -0.05) is 6.92 Å². The van der Waals surface area contributed by atoms with Crippen LogP contribution in [0.5, 0.6) is 0 Å². The minimum absolute atomic E-state index is 0.151. The molecule has 0 radical (unpaired) electrons. The third-order valence-corrected chi connectivity index (χ3v) is 2.98. The average Bonchev–Trinajstić information content (AvgIpc) is 2.19. The molecule has 0 spiro atoms. The van der Waals surface area contributed by atoms with Gasteiger partial charge in [0.05, 0.1) is 6.67 Å². The zero-order valence-corrected chi connectivity index (χ0v) is 8.58. The fourth-order valence-electron chi connectivity index (χ4n) is 2.01. The molecular weight excluding hydrogens is 185 g/mol. The van der Waals surface area contributed by atoms with E-state index in [9.17, 15) is 9.18 Å². The van der Waals surface area contributed by atoms with E-state index in [1.54, 1.807) is 0 Å². The first kappa shape index (κ1) is 11.4. The molecule has 1 N–H and O–H groups in total. The predicted octanol–water partition coefficient (Wildman–Crippen LogP) is 1.53. The van der Waals surface area contributed by atoms with Crippen molar-refractivity contribution in [2.24, 2.45) is 5.92 Å². The van der Waals surface area contributed by atoms with E-state index >= 15 is 0 Å². The van der Waals surface area contributed by atoms with E-state index in [1.165, 1.54) is 0 Å². The average molecular weight is 203 g/mol. The second kappa shape index (κ2) is 5.29. The number of carboxylic acids is 1. The van der Waals surface area contributed by atoms with Crippen LogP contribution >= 0.6 is 0 Å². The maximum atomic E-state index is 12.3. The minimum Gasteiger partial charge on any atom is -0.480 e. The Hall–Kier alpha value is -0.640. The van der Waals surface area contributed by atoms with Gasteiger partial charge in [-0.25, -0.2) is 0 Å². The second-order valence-electron chi connectivity index (χ2n) is 3.90. The third kappa shape index (κ3) is 2.67. The summed E-state index contributed by atoms with van der Waals surface area (Å²) in [6.07, 6.45) is 2.20. The molecule has 0 aromatic carbocycles. The highest BCUT2D eigenvalue weighted by Gasteiger charge is 2.27. The molecule has 1 rings (SSSR count). The van der Waals surface area contributed by atoms with Gasteiger partial charge in [-0.15, -0.1) is 0 Å². The van der Waals surface area contributed by atoms with Gasteiger partial charge in [-0.05, 0) is 38.3 Å². The number of rotatable bonds is 4. The van der Waals surface area contributed by atoms with Crippen LogP contribution < -0.4 is 0 Å². The predicted molar refractivity (Wildman–Crippen MR) is 52.0 cm³/mol. The van der Waals surface area contributed by atoms with Crippen LogP contribution in [0.2, 0.25) is 0 Å². The van der Waals surface area contributed by atoms with Gasteiger partial charge in [0.25, 0.3) is 0 Å². The summed E-state index contributed by atoms with van der Waals surface area (Å²) in [5.41, 5.74) is 0. The summed E-state index contributed by atoms with van der Waals surface area (Å²) in [7, 11) is 0. The molecule has 0 aromatic heterocycles. The standard InChI is InChI=1S/C10H18FNO2/c1-2-9(10(13)14)12-5-3-8(7-11)4-6-12/h8-9H,2-7H2,1H3,(H,13,14)/t9-/m0/s1. The Bertz CT molecular complexity index is 191. The molecule has 0 bridgehead atoms. The van der Waals surface area contributed by atoms with Crippen molar-refractivity contribution in [3.63, 3.8) is 0 Å². The second-order valence-corrected chi connectivity index (χ2v) is 3.90. The molecule has 82 valence electrons. The molecular formula is C10H18FNO2. The normalized spacial score (nSPS) is 22.1. The van der Waals surface area contributed by atoms with E-state index in [0.29, 0.717) is 6.42 Å². The Morgan fingerprint density at radius 3 is 2.50 bits per heavy atom. The molecule has 4 heteroatoms. The zero-order chi connectivity index (χ0) is 10.6. The molecule has 1 fully saturated rings. The molecule has 1 aliphatic rings. The van der Waals surface area contributed by atoms with Gasteiger partial charge in [-0.2, -0.15) is 0 Å². The molecule has 0 saturated carbocycles. The number of aliphatic carboxylic acids is 1. The molecule has 1 heterocycles. The van der Waals surface area contributed by atoms with Crippen molar-refractivity contribution in [1.29, 1.82) is 0 Å². The Morgan fingerprint density at radius 2 is 2.14 bits per heavy atom. The maximum Gasteiger partial charge on any atom is 0.320 e. The summed E-state index contributed by atoms with van der Waals surface area (Å²) < 4.78 is 12.3. The van der Waals surface area contributed by atoms with E-state index < -0.39 is 5.97 Å². The summed E-state index contributed by atoms with van der Waals surface area (Å²) >= 11 is 0. The SMILES string of the molecule is CC[C@@H](C(=O)O)N1CCC(CF)CC1. The lowest BCUT2D eigenvalue weighted by molar-refractivity contribution is -0.144. The quantitative estimate of drug-likeness (QED) is 0.753. The van der Waals surface area contributed by atoms with Crippen molar-refractivity contribution in [2.75, 3.05) is 19.8 Å². The Labute approximate surface area is 83.9 Å². The van der Waals surface area contributed by atoms with Crippen LogP contribution in [-0.2, 0) is 4.79 Å². The van der Waals surface area contributed by atoms with E-state index in [2.05, 4.69) is 0 Å². The number of halogens is 1. The Kier molecular flexibility index (Phi) is 4.32. The highest BCUT2D eigenvalue weighted by Crippen LogP contribution is 2.20. The molecule has 1 saturated heterocycles. The summed E-state index contributed by atoms with van der Waals surface area (Å²) in [6.45, 7) is 3.05. The molecule has 0 unspecified atom stereocenters. The van der Waals surface area contributed by atoms with Crippen molar-refractivity contribution in [3.05, 3.63) is 0 Å². The fourth-order valence-corrected chi connectivity index (χ4v) is 2.01. The lowest BCUT2D eigenvalue weighted by atomic mass is 9.96. The first-order chi connectivity index (χ1) is 6.69. The molecule has 1 aliphatic heterocycles. The number of carbonyl (C=O) groups is 1. The van der Waals surface area contributed by atoms with Crippen LogP contribution in [0.1, 0.15) is 26.2 Å². The Balaban J connectivity index is 2.43. The van der Waals surface area contributed by atoms with Crippen molar-refractivity contribution >= 4 is 5.97 Å². The monoisotopic (exact) mass is 203 g/mol. The first-order valence-corrected chi connectivity index (χ1v) is 5.21. The van der Waals surface area contributed by atoms with Crippen LogP contribution in [0.3, 0.4) is 0 Å². The molecule has 1 atom stereocenters.